The Morgan fingerprint density at radius 3 is 2.82 bits per heavy atom. The van der Waals surface area contributed by atoms with Crippen molar-refractivity contribution in [1.29, 1.82) is 0 Å². The van der Waals surface area contributed by atoms with Crippen LogP contribution < -0.4 is 4.74 Å². The fourth-order valence-corrected chi connectivity index (χ4v) is 1.66. The van der Waals surface area contributed by atoms with E-state index in [4.69, 9.17) is 4.74 Å². The molecule has 0 fully saturated rings. The summed E-state index contributed by atoms with van der Waals surface area (Å²) in [7, 11) is 1.62. The van der Waals surface area contributed by atoms with Crippen molar-refractivity contribution in [2.24, 2.45) is 0 Å². The van der Waals surface area contributed by atoms with Gasteiger partial charge in [-0.2, -0.15) is 0 Å². The molecule has 0 N–H and O–H groups in total. The molecule has 1 aromatic rings. The first kappa shape index (κ1) is 8.70. The van der Waals surface area contributed by atoms with Gasteiger partial charge in [0, 0.05) is 0 Å². The second kappa shape index (κ2) is 3.85. The summed E-state index contributed by atoms with van der Waals surface area (Å²) in [5.74, 6) is 0.664. The molecule has 1 rings (SSSR count). The van der Waals surface area contributed by atoms with Gasteiger partial charge in [0.15, 0.2) is 0 Å². The van der Waals surface area contributed by atoms with Crippen LogP contribution >= 0.6 is 22.6 Å². The highest BCUT2D eigenvalue weighted by Crippen LogP contribution is 2.19. The number of hydrogen-bond acceptors (Lipinski definition) is 3. The molecule has 4 heteroatoms. The van der Waals surface area contributed by atoms with E-state index in [0.29, 0.717) is 5.88 Å². The van der Waals surface area contributed by atoms with Crippen molar-refractivity contribution < 1.29 is 4.74 Å². The quantitative estimate of drug-likeness (QED) is 0.762. The van der Waals surface area contributed by atoms with Gasteiger partial charge in [0.05, 0.1) is 16.4 Å². The van der Waals surface area contributed by atoms with Gasteiger partial charge in [-0.1, -0.05) is 6.92 Å². The smallest absolute Gasteiger partial charge is 0.230 e. The Morgan fingerprint density at radius 1 is 1.55 bits per heavy atom. The monoisotopic (exact) mass is 264 g/mol. The van der Waals surface area contributed by atoms with Crippen LogP contribution in [0.3, 0.4) is 0 Å². The Kier molecular flexibility index (Phi) is 3.04. The lowest BCUT2D eigenvalue weighted by Gasteiger charge is -2.03. The minimum Gasteiger partial charge on any atom is -0.480 e. The molecule has 0 bridgehead atoms. The van der Waals surface area contributed by atoms with Crippen LogP contribution in [0.5, 0.6) is 5.88 Å². The van der Waals surface area contributed by atoms with Crippen LogP contribution in [0.2, 0.25) is 0 Å². The average molecular weight is 264 g/mol. The zero-order valence-corrected chi connectivity index (χ0v) is 8.62. The van der Waals surface area contributed by atoms with Gasteiger partial charge in [0.25, 0.3) is 0 Å². The summed E-state index contributed by atoms with van der Waals surface area (Å²) in [6, 6.07) is 0. The molecule has 0 unspecified atom stereocenters. The highest BCUT2D eigenvalue weighted by Gasteiger charge is 2.05. The Labute approximate surface area is 79.3 Å². The first-order valence-electron chi connectivity index (χ1n) is 3.33. The minimum atomic E-state index is 0.664. The number of nitrogens with zero attached hydrogens (tertiary/aromatic N) is 2. The largest absolute Gasteiger partial charge is 0.480 e. The van der Waals surface area contributed by atoms with Gasteiger partial charge < -0.3 is 4.74 Å². The molecular weight excluding hydrogens is 255 g/mol. The van der Waals surface area contributed by atoms with Crippen molar-refractivity contribution >= 4 is 22.6 Å². The molecule has 11 heavy (non-hydrogen) atoms. The summed E-state index contributed by atoms with van der Waals surface area (Å²) in [6.07, 6.45) is 2.44. The Bertz CT molecular complexity index is 230. The molecule has 0 aromatic carbocycles. The second-order valence-electron chi connectivity index (χ2n) is 2.00. The number of ether oxygens (including phenoxy) is 1. The number of hydrogen-bond donors (Lipinski definition) is 0. The SMILES string of the molecule is CCc1ncnc(OC)c1I. The van der Waals surface area contributed by atoms with Crippen LogP contribution in [0.25, 0.3) is 0 Å². The molecule has 0 radical (unpaired) electrons. The third kappa shape index (κ3) is 1.79. The minimum absolute atomic E-state index is 0.664. The van der Waals surface area contributed by atoms with Crippen molar-refractivity contribution in [3.05, 3.63) is 15.6 Å². The summed E-state index contributed by atoms with van der Waals surface area (Å²) < 4.78 is 6.04. The zero-order valence-electron chi connectivity index (χ0n) is 6.47. The molecule has 0 amide bonds. The van der Waals surface area contributed by atoms with Crippen molar-refractivity contribution in [3.63, 3.8) is 0 Å². The van der Waals surface area contributed by atoms with E-state index in [1.165, 1.54) is 6.33 Å². The predicted octanol–water partition coefficient (Wildman–Crippen LogP) is 1.65. The van der Waals surface area contributed by atoms with Crippen LogP contribution in [-0.2, 0) is 6.42 Å². The van der Waals surface area contributed by atoms with E-state index in [0.717, 1.165) is 15.7 Å². The highest BCUT2D eigenvalue weighted by atomic mass is 127. The van der Waals surface area contributed by atoms with Crippen LogP contribution in [0.1, 0.15) is 12.6 Å². The van der Waals surface area contributed by atoms with Gasteiger partial charge in [-0.25, -0.2) is 9.97 Å². The Hall–Kier alpha value is -0.390. The summed E-state index contributed by atoms with van der Waals surface area (Å²) >= 11 is 2.19. The summed E-state index contributed by atoms with van der Waals surface area (Å²) in [4.78, 5) is 8.07. The molecule has 3 nitrogen and oxygen atoms in total. The molecule has 0 aliphatic carbocycles. The van der Waals surface area contributed by atoms with Gasteiger partial charge in [-0.15, -0.1) is 0 Å². The number of halogens is 1. The summed E-state index contributed by atoms with van der Waals surface area (Å²) in [5, 5.41) is 0. The molecule has 0 saturated carbocycles. The fourth-order valence-electron chi connectivity index (χ4n) is 0.777. The zero-order chi connectivity index (χ0) is 8.27. The Balaban J connectivity index is 3.10. The topological polar surface area (TPSA) is 35.0 Å². The Morgan fingerprint density at radius 2 is 2.27 bits per heavy atom. The van der Waals surface area contributed by atoms with Gasteiger partial charge in [0.2, 0.25) is 5.88 Å². The van der Waals surface area contributed by atoms with Crippen molar-refractivity contribution in [3.8, 4) is 5.88 Å². The van der Waals surface area contributed by atoms with E-state index in [2.05, 4.69) is 39.5 Å². The lowest BCUT2D eigenvalue weighted by molar-refractivity contribution is 0.392. The summed E-state index contributed by atoms with van der Waals surface area (Å²) in [5.41, 5.74) is 1.04. The number of aryl methyl sites for hydroxylation is 1. The normalized spacial score (nSPS) is 9.73. The maximum absolute atomic E-state index is 5.03. The van der Waals surface area contributed by atoms with E-state index in [1.807, 2.05) is 0 Å². The second-order valence-corrected chi connectivity index (χ2v) is 3.08. The molecule has 60 valence electrons. The van der Waals surface area contributed by atoms with Crippen molar-refractivity contribution in [2.45, 2.75) is 13.3 Å². The van der Waals surface area contributed by atoms with Crippen molar-refractivity contribution in [1.82, 2.24) is 9.97 Å². The first-order chi connectivity index (χ1) is 5.29. The van der Waals surface area contributed by atoms with E-state index in [-0.39, 0.29) is 0 Å². The van der Waals surface area contributed by atoms with Crippen LogP contribution in [-0.4, -0.2) is 17.1 Å². The van der Waals surface area contributed by atoms with E-state index < -0.39 is 0 Å². The third-order valence-electron chi connectivity index (χ3n) is 1.36. The summed E-state index contributed by atoms with van der Waals surface area (Å²) in [6.45, 7) is 2.06. The highest BCUT2D eigenvalue weighted by molar-refractivity contribution is 14.1. The maximum atomic E-state index is 5.03. The van der Waals surface area contributed by atoms with Gasteiger partial charge in [-0.05, 0) is 29.0 Å². The number of methoxy groups -OCH3 is 1. The molecule has 1 heterocycles. The van der Waals surface area contributed by atoms with Crippen LogP contribution in [0, 0.1) is 3.57 Å². The maximum Gasteiger partial charge on any atom is 0.230 e. The lowest BCUT2D eigenvalue weighted by Crippen LogP contribution is -1.98. The first-order valence-corrected chi connectivity index (χ1v) is 4.40. The van der Waals surface area contributed by atoms with Gasteiger partial charge >= 0.3 is 0 Å². The average Bonchev–Trinajstić information content (AvgIpc) is 2.05. The predicted molar refractivity (Wildman–Crippen MR) is 50.7 cm³/mol. The van der Waals surface area contributed by atoms with Crippen LogP contribution in [0.15, 0.2) is 6.33 Å². The molecule has 0 aliphatic heterocycles. The standard InChI is InChI=1S/C7H9IN2O/c1-3-5-6(8)7(11-2)10-4-9-5/h4H,3H2,1-2H3. The molecule has 0 saturated heterocycles. The van der Waals surface area contributed by atoms with Crippen LogP contribution in [0.4, 0.5) is 0 Å². The molecule has 1 aromatic heterocycles. The lowest BCUT2D eigenvalue weighted by atomic mass is 10.3. The van der Waals surface area contributed by atoms with E-state index >= 15 is 0 Å². The fraction of sp³-hybridized carbons (Fsp3) is 0.429. The molecule has 0 atom stereocenters. The molecule has 0 aliphatic rings. The van der Waals surface area contributed by atoms with Gasteiger partial charge in [-0.3, -0.25) is 0 Å². The van der Waals surface area contributed by atoms with E-state index in [9.17, 15) is 0 Å². The molecular formula is C7H9IN2O. The van der Waals surface area contributed by atoms with Gasteiger partial charge in [0.1, 0.15) is 6.33 Å². The number of aromatic nitrogens is 2. The molecule has 0 spiro atoms. The van der Waals surface area contributed by atoms with E-state index in [1.54, 1.807) is 7.11 Å². The number of rotatable bonds is 2. The van der Waals surface area contributed by atoms with Crippen molar-refractivity contribution in [2.75, 3.05) is 7.11 Å². The third-order valence-corrected chi connectivity index (χ3v) is 2.44.